The molecule has 1 heterocycles. The summed E-state index contributed by atoms with van der Waals surface area (Å²) in [6, 6.07) is 2.54. The van der Waals surface area contributed by atoms with Crippen LogP contribution in [0.15, 0.2) is 0 Å². The molecule has 0 aromatic rings. The fourth-order valence-electron chi connectivity index (χ4n) is 4.02. The van der Waals surface area contributed by atoms with E-state index in [0.29, 0.717) is 0 Å². The summed E-state index contributed by atoms with van der Waals surface area (Å²) >= 11 is 0. The van der Waals surface area contributed by atoms with E-state index in [1.54, 1.807) is 0 Å². The summed E-state index contributed by atoms with van der Waals surface area (Å²) in [4.78, 5) is 2.25. The number of nitrogens with zero attached hydrogens (tertiary/aromatic N) is 2. The molecule has 1 saturated carbocycles. The molecule has 0 aromatic heterocycles. The summed E-state index contributed by atoms with van der Waals surface area (Å²) in [7, 11) is 2.09. The molecule has 3 heteroatoms. The second-order valence-electron chi connectivity index (χ2n) is 6.76. The molecule has 0 atom stereocenters. The molecule has 2 rings (SSSR count). The first-order valence-electron chi connectivity index (χ1n) is 7.87. The third-order valence-corrected chi connectivity index (χ3v) is 5.57. The van der Waals surface area contributed by atoms with E-state index in [2.05, 4.69) is 24.9 Å². The molecule has 1 aliphatic carbocycles. The SMILES string of the molecule is CCCC1CCC(C#N)(C2(O)CCN(C)CC2)CC1. The molecule has 19 heavy (non-hydrogen) atoms. The van der Waals surface area contributed by atoms with Crippen LogP contribution < -0.4 is 0 Å². The number of likely N-dealkylation sites (tertiary alicyclic amines) is 1. The highest BCUT2D eigenvalue weighted by Crippen LogP contribution is 2.50. The van der Waals surface area contributed by atoms with Gasteiger partial charge in [0, 0.05) is 13.1 Å². The van der Waals surface area contributed by atoms with E-state index in [9.17, 15) is 10.4 Å². The summed E-state index contributed by atoms with van der Waals surface area (Å²) in [6.07, 6.45) is 8.08. The predicted octanol–water partition coefficient (Wildman–Crippen LogP) is 2.94. The van der Waals surface area contributed by atoms with Crippen molar-refractivity contribution in [3.63, 3.8) is 0 Å². The van der Waals surface area contributed by atoms with E-state index in [1.165, 1.54) is 12.8 Å². The Morgan fingerprint density at radius 3 is 2.26 bits per heavy atom. The lowest BCUT2D eigenvalue weighted by Crippen LogP contribution is -2.55. The minimum Gasteiger partial charge on any atom is -0.388 e. The van der Waals surface area contributed by atoms with Gasteiger partial charge >= 0.3 is 0 Å². The van der Waals surface area contributed by atoms with Gasteiger partial charge in [0.2, 0.25) is 0 Å². The van der Waals surface area contributed by atoms with Gasteiger partial charge in [-0.1, -0.05) is 19.8 Å². The molecule has 0 radical (unpaired) electrons. The van der Waals surface area contributed by atoms with Crippen molar-refractivity contribution in [2.24, 2.45) is 11.3 Å². The zero-order chi connectivity index (χ0) is 13.9. The first-order chi connectivity index (χ1) is 9.05. The van der Waals surface area contributed by atoms with Crippen LogP contribution >= 0.6 is 0 Å². The summed E-state index contributed by atoms with van der Waals surface area (Å²) in [5, 5.41) is 20.7. The molecule has 108 valence electrons. The maximum atomic E-state index is 11.0. The first-order valence-corrected chi connectivity index (χ1v) is 7.87. The second-order valence-corrected chi connectivity index (χ2v) is 6.76. The number of nitriles is 1. The van der Waals surface area contributed by atoms with Crippen molar-refractivity contribution in [3.05, 3.63) is 0 Å². The molecule has 1 aliphatic heterocycles. The van der Waals surface area contributed by atoms with Crippen LogP contribution in [0.3, 0.4) is 0 Å². The Morgan fingerprint density at radius 2 is 1.79 bits per heavy atom. The van der Waals surface area contributed by atoms with Gasteiger partial charge in [-0.25, -0.2) is 0 Å². The molecule has 0 amide bonds. The number of piperidine rings is 1. The minimum absolute atomic E-state index is 0.474. The fraction of sp³-hybridized carbons (Fsp3) is 0.938. The average molecular weight is 264 g/mol. The lowest BCUT2D eigenvalue weighted by Gasteiger charge is -2.49. The minimum atomic E-state index is -0.745. The quantitative estimate of drug-likeness (QED) is 0.852. The highest BCUT2D eigenvalue weighted by atomic mass is 16.3. The fourth-order valence-corrected chi connectivity index (χ4v) is 4.02. The zero-order valence-corrected chi connectivity index (χ0v) is 12.5. The van der Waals surface area contributed by atoms with Crippen LogP contribution in [0.1, 0.15) is 58.3 Å². The first kappa shape index (κ1) is 14.8. The Labute approximate surface area is 117 Å². The van der Waals surface area contributed by atoms with Gasteiger partial charge in [0.25, 0.3) is 0 Å². The summed E-state index contributed by atoms with van der Waals surface area (Å²) in [5.41, 5.74) is -1.22. The highest BCUT2D eigenvalue weighted by Gasteiger charge is 2.52. The van der Waals surface area contributed by atoms with E-state index in [0.717, 1.165) is 57.5 Å². The lowest BCUT2D eigenvalue weighted by atomic mass is 9.59. The van der Waals surface area contributed by atoms with Crippen molar-refractivity contribution in [1.82, 2.24) is 4.90 Å². The molecule has 2 fully saturated rings. The molecular weight excluding hydrogens is 236 g/mol. The standard InChI is InChI=1S/C16H28N2O/c1-3-4-14-5-7-15(13-17,8-6-14)16(19)9-11-18(2)12-10-16/h14,19H,3-12H2,1-2H3. The Bertz CT molecular complexity index is 331. The van der Waals surface area contributed by atoms with E-state index in [4.69, 9.17) is 0 Å². The Morgan fingerprint density at radius 1 is 1.21 bits per heavy atom. The van der Waals surface area contributed by atoms with Crippen molar-refractivity contribution in [3.8, 4) is 6.07 Å². The normalized spacial score (nSPS) is 35.8. The highest BCUT2D eigenvalue weighted by molar-refractivity contribution is 5.14. The maximum Gasteiger partial charge on any atom is 0.0861 e. The monoisotopic (exact) mass is 264 g/mol. The molecular formula is C16H28N2O. The van der Waals surface area contributed by atoms with Gasteiger partial charge < -0.3 is 10.0 Å². The van der Waals surface area contributed by atoms with Gasteiger partial charge in [0.15, 0.2) is 0 Å². The van der Waals surface area contributed by atoms with Crippen LogP contribution in [0.2, 0.25) is 0 Å². The molecule has 0 aromatic carbocycles. The Kier molecular flexibility index (Phi) is 4.53. The number of hydrogen-bond acceptors (Lipinski definition) is 3. The van der Waals surface area contributed by atoms with Crippen LogP contribution in [0.4, 0.5) is 0 Å². The number of aliphatic hydroxyl groups is 1. The number of hydrogen-bond donors (Lipinski definition) is 1. The second kappa shape index (κ2) is 5.81. The Balaban J connectivity index is 2.06. The van der Waals surface area contributed by atoms with Gasteiger partial charge in [-0.2, -0.15) is 5.26 Å². The summed E-state index contributed by atoms with van der Waals surface area (Å²) in [6.45, 7) is 4.06. The van der Waals surface area contributed by atoms with Gasteiger partial charge in [-0.3, -0.25) is 0 Å². The third-order valence-electron chi connectivity index (χ3n) is 5.57. The number of rotatable bonds is 3. The smallest absolute Gasteiger partial charge is 0.0861 e. The van der Waals surface area contributed by atoms with Crippen LogP contribution in [0.5, 0.6) is 0 Å². The third kappa shape index (κ3) is 2.80. The van der Waals surface area contributed by atoms with Crippen LogP contribution in [-0.2, 0) is 0 Å². The van der Waals surface area contributed by atoms with Crippen LogP contribution in [0.25, 0.3) is 0 Å². The lowest BCUT2D eigenvalue weighted by molar-refractivity contribution is -0.111. The maximum absolute atomic E-state index is 11.0. The van der Waals surface area contributed by atoms with Gasteiger partial charge in [0.05, 0.1) is 17.1 Å². The van der Waals surface area contributed by atoms with Crippen LogP contribution in [-0.4, -0.2) is 35.7 Å². The van der Waals surface area contributed by atoms with Gasteiger partial charge in [-0.15, -0.1) is 0 Å². The van der Waals surface area contributed by atoms with Gasteiger partial charge in [-0.05, 0) is 51.5 Å². The molecule has 2 aliphatic rings. The van der Waals surface area contributed by atoms with Crippen molar-refractivity contribution in [2.45, 2.75) is 63.9 Å². The largest absolute Gasteiger partial charge is 0.388 e. The molecule has 0 spiro atoms. The van der Waals surface area contributed by atoms with Gasteiger partial charge in [0.1, 0.15) is 0 Å². The van der Waals surface area contributed by atoms with Crippen molar-refractivity contribution in [2.75, 3.05) is 20.1 Å². The molecule has 1 N–H and O–H groups in total. The molecule has 0 unspecified atom stereocenters. The van der Waals surface area contributed by atoms with E-state index in [-0.39, 0.29) is 0 Å². The average Bonchev–Trinajstić information content (AvgIpc) is 2.43. The van der Waals surface area contributed by atoms with E-state index >= 15 is 0 Å². The van der Waals surface area contributed by atoms with Crippen molar-refractivity contribution < 1.29 is 5.11 Å². The topological polar surface area (TPSA) is 47.3 Å². The van der Waals surface area contributed by atoms with E-state index in [1.807, 2.05) is 0 Å². The molecule has 3 nitrogen and oxygen atoms in total. The molecule has 1 saturated heterocycles. The molecule has 0 bridgehead atoms. The van der Waals surface area contributed by atoms with Crippen molar-refractivity contribution >= 4 is 0 Å². The van der Waals surface area contributed by atoms with E-state index < -0.39 is 11.0 Å². The summed E-state index contributed by atoms with van der Waals surface area (Å²) in [5.74, 6) is 0.779. The predicted molar refractivity (Wildman–Crippen MR) is 76.6 cm³/mol. The van der Waals surface area contributed by atoms with Crippen LogP contribution in [0, 0.1) is 22.7 Å². The summed E-state index contributed by atoms with van der Waals surface area (Å²) < 4.78 is 0. The Hall–Kier alpha value is -0.590. The van der Waals surface area contributed by atoms with Crippen molar-refractivity contribution in [1.29, 1.82) is 5.26 Å². The zero-order valence-electron chi connectivity index (χ0n) is 12.5.